The summed E-state index contributed by atoms with van der Waals surface area (Å²) < 4.78 is 45.5. The number of halogens is 2. The van der Waals surface area contributed by atoms with Crippen LogP contribution in [0.2, 0.25) is 0 Å². The second-order valence-electron chi connectivity index (χ2n) is 3.22. The first-order chi connectivity index (χ1) is 4.79. The summed E-state index contributed by atoms with van der Waals surface area (Å²) in [4.78, 5) is 0. The molecule has 2 nitrogen and oxygen atoms in total. The zero-order chi connectivity index (χ0) is 8.70. The molecule has 0 amide bonds. The minimum absolute atomic E-state index is 0.0947. The third kappa shape index (κ3) is 2.73. The molecule has 0 spiro atoms. The number of hydrogen-bond donors (Lipinski definition) is 0. The average molecular weight is 184 g/mol. The Morgan fingerprint density at radius 1 is 1.45 bits per heavy atom. The first-order valence-electron chi connectivity index (χ1n) is 3.34. The van der Waals surface area contributed by atoms with E-state index in [0.29, 0.717) is 0 Å². The van der Waals surface area contributed by atoms with E-state index in [0.717, 1.165) is 6.26 Å². The Morgan fingerprint density at radius 3 is 2.18 bits per heavy atom. The van der Waals surface area contributed by atoms with Gasteiger partial charge >= 0.3 is 0 Å². The van der Waals surface area contributed by atoms with Crippen LogP contribution >= 0.6 is 0 Å². The molecule has 0 aliphatic heterocycles. The van der Waals surface area contributed by atoms with Crippen LogP contribution in [0.4, 0.5) is 8.78 Å². The van der Waals surface area contributed by atoms with Crippen molar-refractivity contribution in [2.45, 2.75) is 18.8 Å². The van der Waals surface area contributed by atoms with Crippen molar-refractivity contribution in [3.05, 3.63) is 0 Å². The summed E-state index contributed by atoms with van der Waals surface area (Å²) in [5, 5.41) is 0. The van der Waals surface area contributed by atoms with Gasteiger partial charge in [0.05, 0.1) is 5.75 Å². The molecular formula is C6H10F2O2S. The van der Waals surface area contributed by atoms with Crippen LogP contribution in [0, 0.1) is 5.92 Å². The van der Waals surface area contributed by atoms with Crippen molar-refractivity contribution < 1.29 is 17.2 Å². The van der Waals surface area contributed by atoms with Gasteiger partial charge in [0.1, 0.15) is 9.84 Å². The largest absolute Gasteiger partial charge is 0.248 e. The normalized spacial score (nSPS) is 24.6. The smallest absolute Gasteiger partial charge is 0.229 e. The molecule has 5 heteroatoms. The van der Waals surface area contributed by atoms with Gasteiger partial charge in [0, 0.05) is 19.1 Å². The lowest BCUT2D eigenvalue weighted by molar-refractivity contribution is -0.103. The van der Waals surface area contributed by atoms with E-state index in [1.807, 2.05) is 0 Å². The van der Waals surface area contributed by atoms with Crippen molar-refractivity contribution in [1.29, 1.82) is 0 Å². The van der Waals surface area contributed by atoms with E-state index >= 15 is 0 Å². The highest BCUT2D eigenvalue weighted by Gasteiger charge is 2.46. The standard InChI is InChI=1S/C6H10F2O2S/c1-11(9,10)4-5-2-6(7,8)3-5/h5H,2-4H2,1H3. The first kappa shape index (κ1) is 8.90. The van der Waals surface area contributed by atoms with Crippen LogP contribution in [0.3, 0.4) is 0 Å². The van der Waals surface area contributed by atoms with Crippen molar-refractivity contribution in [1.82, 2.24) is 0 Å². The van der Waals surface area contributed by atoms with Crippen LogP contribution in [-0.4, -0.2) is 26.3 Å². The van der Waals surface area contributed by atoms with Crippen molar-refractivity contribution in [2.75, 3.05) is 12.0 Å². The SMILES string of the molecule is CS(=O)(=O)CC1CC(F)(F)C1. The molecule has 1 fully saturated rings. The Balaban J connectivity index is 2.36. The topological polar surface area (TPSA) is 34.1 Å². The molecule has 0 N–H and O–H groups in total. The molecule has 66 valence electrons. The van der Waals surface area contributed by atoms with Gasteiger partial charge in [-0.2, -0.15) is 0 Å². The maximum Gasteiger partial charge on any atom is 0.248 e. The van der Waals surface area contributed by atoms with Gasteiger partial charge in [-0.05, 0) is 5.92 Å². The fourth-order valence-electron chi connectivity index (χ4n) is 1.33. The molecule has 0 saturated heterocycles. The number of rotatable bonds is 2. The molecule has 0 atom stereocenters. The number of hydrogen-bond acceptors (Lipinski definition) is 2. The zero-order valence-corrected chi connectivity index (χ0v) is 7.00. The Kier molecular flexibility index (Phi) is 1.94. The van der Waals surface area contributed by atoms with Crippen LogP contribution in [-0.2, 0) is 9.84 Å². The molecule has 0 aromatic heterocycles. The van der Waals surface area contributed by atoms with Crippen LogP contribution in [0.15, 0.2) is 0 Å². The Morgan fingerprint density at radius 2 is 1.91 bits per heavy atom. The van der Waals surface area contributed by atoms with E-state index in [9.17, 15) is 17.2 Å². The lowest BCUT2D eigenvalue weighted by Gasteiger charge is -2.34. The van der Waals surface area contributed by atoms with Gasteiger partial charge in [-0.15, -0.1) is 0 Å². The van der Waals surface area contributed by atoms with E-state index in [-0.39, 0.29) is 24.5 Å². The highest BCUT2D eigenvalue weighted by molar-refractivity contribution is 7.90. The predicted octanol–water partition coefficient (Wildman–Crippen LogP) is 1.08. The maximum atomic E-state index is 12.2. The quantitative estimate of drug-likeness (QED) is 0.643. The lowest BCUT2D eigenvalue weighted by Crippen LogP contribution is -2.38. The summed E-state index contributed by atoms with van der Waals surface area (Å²) in [5.74, 6) is -3.02. The fraction of sp³-hybridized carbons (Fsp3) is 1.00. The molecule has 0 aromatic carbocycles. The lowest BCUT2D eigenvalue weighted by atomic mass is 9.83. The second kappa shape index (κ2) is 2.40. The molecule has 0 heterocycles. The first-order valence-corrected chi connectivity index (χ1v) is 5.40. The third-order valence-corrected chi connectivity index (χ3v) is 2.79. The molecule has 0 bridgehead atoms. The van der Waals surface area contributed by atoms with Gasteiger partial charge in [-0.25, -0.2) is 17.2 Å². The van der Waals surface area contributed by atoms with Crippen molar-refractivity contribution in [3.63, 3.8) is 0 Å². The van der Waals surface area contributed by atoms with Crippen molar-refractivity contribution in [3.8, 4) is 0 Å². The predicted molar refractivity (Wildman–Crippen MR) is 37.4 cm³/mol. The Hall–Kier alpha value is -0.190. The van der Waals surface area contributed by atoms with Gasteiger partial charge in [-0.3, -0.25) is 0 Å². The van der Waals surface area contributed by atoms with E-state index < -0.39 is 15.8 Å². The van der Waals surface area contributed by atoms with Crippen LogP contribution in [0.1, 0.15) is 12.8 Å². The second-order valence-corrected chi connectivity index (χ2v) is 5.41. The molecule has 1 aliphatic carbocycles. The van der Waals surface area contributed by atoms with Crippen LogP contribution < -0.4 is 0 Å². The van der Waals surface area contributed by atoms with E-state index in [1.165, 1.54) is 0 Å². The Bertz CT molecular complexity index is 237. The van der Waals surface area contributed by atoms with Gasteiger partial charge in [0.2, 0.25) is 5.92 Å². The van der Waals surface area contributed by atoms with Gasteiger partial charge in [0.25, 0.3) is 0 Å². The van der Waals surface area contributed by atoms with E-state index in [2.05, 4.69) is 0 Å². The summed E-state index contributed by atoms with van der Waals surface area (Å²) in [6, 6.07) is 0. The maximum absolute atomic E-state index is 12.2. The summed E-state index contributed by atoms with van der Waals surface area (Å²) in [6.07, 6.45) is 0.545. The summed E-state index contributed by atoms with van der Waals surface area (Å²) in [5.41, 5.74) is 0. The minimum Gasteiger partial charge on any atom is -0.229 e. The molecule has 0 aromatic rings. The number of sulfone groups is 1. The molecule has 0 unspecified atom stereocenters. The molecule has 1 aliphatic rings. The van der Waals surface area contributed by atoms with Gasteiger partial charge in [0.15, 0.2) is 0 Å². The fourth-order valence-corrected chi connectivity index (χ4v) is 2.42. The molecular weight excluding hydrogens is 174 g/mol. The van der Waals surface area contributed by atoms with Crippen molar-refractivity contribution >= 4 is 9.84 Å². The zero-order valence-electron chi connectivity index (χ0n) is 6.18. The van der Waals surface area contributed by atoms with Crippen LogP contribution in [0.25, 0.3) is 0 Å². The van der Waals surface area contributed by atoms with Crippen LogP contribution in [0.5, 0.6) is 0 Å². The molecule has 11 heavy (non-hydrogen) atoms. The minimum atomic E-state index is -3.07. The molecule has 1 saturated carbocycles. The Labute approximate surface area is 64.5 Å². The van der Waals surface area contributed by atoms with Gasteiger partial charge < -0.3 is 0 Å². The highest BCUT2D eigenvalue weighted by Crippen LogP contribution is 2.42. The molecule has 0 radical (unpaired) electrons. The average Bonchev–Trinajstić information content (AvgIpc) is 1.53. The monoisotopic (exact) mass is 184 g/mol. The highest BCUT2D eigenvalue weighted by atomic mass is 32.2. The summed E-state index contributed by atoms with van der Waals surface area (Å²) in [6.45, 7) is 0. The summed E-state index contributed by atoms with van der Waals surface area (Å²) in [7, 11) is -3.07. The van der Waals surface area contributed by atoms with Crippen molar-refractivity contribution in [2.24, 2.45) is 5.92 Å². The van der Waals surface area contributed by atoms with E-state index in [4.69, 9.17) is 0 Å². The molecule has 1 rings (SSSR count). The summed E-state index contributed by atoms with van der Waals surface area (Å²) >= 11 is 0. The third-order valence-electron chi connectivity index (χ3n) is 1.71. The van der Waals surface area contributed by atoms with Gasteiger partial charge in [-0.1, -0.05) is 0 Å². The number of alkyl halides is 2. The van der Waals surface area contributed by atoms with E-state index in [1.54, 1.807) is 0 Å².